The number of quaternary nitrogens is 3. The molecule has 0 aliphatic heterocycles. The summed E-state index contributed by atoms with van der Waals surface area (Å²) < 4.78 is 1.53. The van der Waals surface area contributed by atoms with Crippen LogP contribution >= 0.6 is 0 Å². The molecule has 0 aromatic rings. The molecule has 0 bridgehead atoms. The molecule has 0 saturated heterocycles. The van der Waals surface area contributed by atoms with Gasteiger partial charge in [-0.05, 0) is 12.2 Å². The molecular weight excluding hydrogens is 402 g/mol. The van der Waals surface area contributed by atoms with Crippen LogP contribution in [0.2, 0.25) is 0 Å². The van der Waals surface area contributed by atoms with Crippen molar-refractivity contribution in [2.24, 2.45) is 0 Å². The minimum atomic E-state index is -0.0122. The van der Waals surface area contributed by atoms with Crippen LogP contribution < -0.4 is 0 Å². The Morgan fingerprint density at radius 1 is 0.581 bits per heavy atom. The van der Waals surface area contributed by atoms with Crippen molar-refractivity contribution in [3.05, 3.63) is 23.9 Å². The van der Waals surface area contributed by atoms with Crippen LogP contribution in [0.4, 0.5) is 0 Å². The molecule has 0 saturated carbocycles. The van der Waals surface area contributed by atoms with Crippen molar-refractivity contribution in [1.29, 1.82) is 0 Å². The van der Waals surface area contributed by atoms with E-state index in [4.69, 9.17) is 0 Å². The molecule has 0 amide bonds. The molecule has 0 heterocycles. The van der Waals surface area contributed by atoms with Crippen LogP contribution in [-0.2, 0) is 0 Å². The molecular formula is C22H48N3O6+3. The van der Waals surface area contributed by atoms with Gasteiger partial charge in [-0.3, -0.25) is 4.48 Å². The standard InChI is InChI=1S/C22H48N3O6/c1-22(25(13-19-29,14-20-30)15-21-31)6-9-23(2,3)7-4-5-8-24(10-16-26,11-17-27)12-18-28/h4-6,26-31H,7-21H2,1-3H3/q+3/b5-4?,22-6+. The van der Waals surface area contributed by atoms with E-state index in [9.17, 15) is 30.6 Å². The second-order valence-corrected chi connectivity index (χ2v) is 8.97. The van der Waals surface area contributed by atoms with Crippen molar-refractivity contribution in [3.8, 4) is 0 Å². The van der Waals surface area contributed by atoms with Crippen molar-refractivity contribution >= 4 is 0 Å². The maximum absolute atomic E-state index is 9.49. The van der Waals surface area contributed by atoms with Gasteiger partial charge in [-0.1, -0.05) is 0 Å². The van der Waals surface area contributed by atoms with Crippen LogP contribution in [0, 0.1) is 0 Å². The Labute approximate surface area is 188 Å². The summed E-state index contributed by atoms with van der Waals surface area (Å²) in [6, 6.07) is 0. The first-order chi connectivity index (χ1) is 14.7. The molecule has 0 aliphatic rings. The largest absolute Gasteiger partial charge is 0.391 e. The predicted octanol–water partition coefficient (Wildman–Crippen LogP) is -1.89. The molecule has 0 aromatic carbocycles. The summed E-state index contributed by atoms with van der Waals surface area (Å²) in [6.45, 7) is 6.99. The Balaban J connectivity index is 5.15. The predicted molar refractivity (Wildman–Crippen MR) is 122 cm³/mol. The van der Waals surface area contributed by atoms with Gasteiger partial charge in [-0.25, -0.2) is 0 Å². The zero-order chi connectivity index (χ0) is 23.8. The van der Waals surface area contributed by atoms with Gasteiger partial charge in [0.2, 0.25) is 0 Å². The molecule has 31 heavy (non-hydrogen) atoms. The lowest BCUT2D eigenvalue weighted by atomic mass is 10.2. The third-order valence-corrected chi connectivity index (χ3v) is 6.20. The Morgan fingerprint density at radius 2 is 0.968 bits per heavy atom. The fourth-order valence-electron chi connectivity index (χ4n) is 3.99. The van der Waals surface area contributed by atoms with Crippen LogP contribution in [0.15, 0.2) is 23.9 Å². The van der Waals surface area contributed by atoms with Crippen molar-refractivity contribution in [2.75, 3.05) is 113 Å². The lowest BCUT2D eigenvalue weighted by Gasteiger charge is -2.38. The second-order valence-electron chi connectivity index (χ2n) is 8.97. The monoisotopic (exact) mass is 450 g/mol. The lowest BCUT2D eigenvalue weighted by Crippen LogP contribution is -2.53. The molecule has 0 radical (unpaired) electrons. The summed E-state index contributed by atoms with van der Waals surface area (Å²) >= 11 is 0. The molecule has 0 atom stereocenters. The summed E-state index contributed by atoms with van der Waals surface area (Å²) in [7, 11) is 4.23. The first-order valence-corrected chi connectivity index (χ1v) is 11.2. The Morgan fingerprint density at radius 3 is 1.35 bits per heavy atom. The topological polar surface area (TPSA) is 121 Å². The number of hydrogen-bond acceptors (Lipinski definition) is 6. The average molecular weight is 451 g/mol. The first-order valence-electron chi connectivity index (χ1n) is 11.2. The van der Waals surface area contributed by atoms with Gasteiger partial charge >= 0.3 is 0 Å². The van der Waals surface area contributed by atoms with Crippen LogP contribution in [0.25, 0.3) is 0 Å². The molecule has 184 valence electrons. The van der Waals surface area contributed by atoms with Crippen molar-refractivity contribution in [1.82, 2.24) is 0 Å². The van der Waals surface area contributed by atoms with E-state index in [2.05, 4.69) is 32.3 Å². The summed E-state index contributed by atoms with van der Waals surface area (Å²) in [5, 5.41) is 56.6. The second kappa shape index (κ2) is 15.8. The fraction of sp³-hybridized carbons (Fsp3) is 0.818. The van der Waals surface area contributed by atoms with E-state index in [0.717, 1.165) is 18.8 Å². The van der Waals surface area contributed by atoms with Gasteiger partial charge in [0, 0.05) is 13.0 Å². The average Bonchev–Trinajstić information content (AvgIpc) is 2.71. The van der Waals surface area contributed by atoms with E-state index in [-0.39, 0.29) is 39.6 Å². The minimum absolute atomic E-state index is 0.00892. The normalized spacial score (nSPS) is 14.0. The molecule has 6 N–H and O–H groups in total. The van der Waals surface area contributed by atoms with Crippen LogP contribution in [0.3, 0.4) is 0 Å². The van der Waals surface area contributed by atoms with Crippen molar-refractivity contribution in [3.63, 3.8) is 0 Å². The third kappa shape index (κ3) is 11.0. The zero-order valence-corrected chi connectivity index (χ0v) is 19.9. The molecule has 0 unspecified atom stereocenters. The van der Waals surface area contributed by atoms with E-state index in [1.54, 1.807) is 0 Å². The Kier molecular flexibility index (Phi) is 15.4. The first kappa shape index (κ1) is 30.1. The van der Waals surface area contributed by atoms with Gasteiger partial charge in [0.05, 0.1) is 66.8 Å². The third-order valence-electron chi connectivity index (χ3n) is 6.20. The number of aliphatic hydroxyl groups is 6. The van der Waals surface area contributed by atoms with E-state index in [1.807, 2.05) is 6.92 Å². The van der Waals surface area contributed by atoms with Crippen LogP contribution in [0.1, 0.15) is 6.92 Å². The van der Waals surface area contributed by atoms with E-state index in [0.29, 0.717) is 59.3 Å². The van der Waals surface area contributed by atoms with E-state index >= 15 is 0 Å². The number of allylic oxidation sites excluding steroid dienone is 1. The molecule has 9 nitrogen and oxygen atoms in total. The molecule has 0 fully saturated rings. The molecule has 0 aromatic heterocycles. The maximum Gasteiger partial charge on any atom is 0.107 e. The van der Waals surface area contributed by atoms with Gasteiger partial charge < -0.3 is 39.6 Å². The van der Waals surface area contributed by atoms with Gasteiger partial charge in [0.1, 0.15) is 51.5 Å². The van der Waals surface area contributed by atoms with Gasteiger partial charge in [-0.2, -0.15) is 0 Å². The lowest BCUT2D eigenvalue weighted by molar-refractivity contribution is -0.923. The summed E-state index contributed by atoms with van der Waals surface area (Å²) in [5.41, 5.74) is 1.02. The highest BCUT2D eigenvalue weighted by atomic mass is 16.3. The highest BCUT2D eigenvalue weighted by Crippen LogP contribution is 2.17. The smallest absolute Gasteiger partial charge is 0.107 e. The Hall–Kier alpha value is -0.880. The number of aliphatic hydroxyl groups excluding tert-OH is 6. The fourth-order valence-corrected chi connectivity index (χ4v) is 3.99. The quantitative estimate of drug-likeness (QED) is 0.101. The highest BCUT2D eigenvalue weighted by Gasteiger charge is 2.29. The molecule has 0 aliphatic carbocycles. The number of hydrogen-bond donors (Lipinski definition) is 6. The van der Waals surface area contributed by atoms with Gasteiger partial charge in [0.15, 0.2) is 0 Å². The van der Waals surface area contributed by atoms with E-state index < -0.39 is 0 Å². The SMILES string of the molecule is C/C(=C\C[N+](C)(C)CC=CC[N+](CCO)(CCO)CCO)[N+](CCO)(CCO)CCO. The number of likely N-dealkylation sites (N-methyl/N-ethyl adjacent to an activating group) is 1. The molecule has 0 spiro atoms. The highest BCUT2D eigenvalue weighted by molar-refractivity contribution is 4.91. The Bertz CT molecular complexity index is 491. The van der Waals surface area contributed by atoms with Crippen LogP contribution in [0.5, 0.6) is 0 Å². The number of rotatable bonds is 19. The van der Waals surface area contributed by atoms with E-state index in [1.165, 1.54) is 0 Å². The maximum atomic E-state index is 9.49. The molecule has 9 heteroatoms. The van der Waals surface area contributed by atoms with Crippen LogP contribution in [-0.4, -0.2) is 157 Å². The number of nitrogens with zero attached hydrogens (tertiary/aromatic N) is 3. The zero-order valence-electron chi connectivity index (χ0n) is 19.9. The summed E-state index contributed by atoms with van der Waals surface area (Å²) in [5.74, 6) is 0. The van der Waals surface area contributed by atoms with Gasteiger partial charge in [-0.15, -0.1) is 0 Å². The molecule has 0 rings (SSSR count). The summed E-state index contributed by atoms with van der Waals surface area (Å²) in [6.07, 6.45) is 6.28. The minimum Gasteiger partial charge on any atom is -0.391 e. The summed E-state index contributed by atoms with van der Waals surface area (Å²) in [4.78, 5) is 0. The van der Waals surface area contributed by atoms with Crippen molar-refractivity contribution in [2.45, 2.75) is 6.92 Å². The van der Waals surface area contributed by atoms with Crippen molar-refractivity contribution < 1.29 is 44.1 Å². The van der Waals surface area contributed by atoms with Gasteiger partial charge in [0.25, 0.3) is 0 Å².